The summed E-state index contributed by atoms with van der Waals surface area (Å²) < 4.78 is 1.88. The number of nitrogens with zero attached hydrogens (tertiary/aromatic N) is 1. The van der Waals surface area contributed by atoms with Crippen LogP contribution in [0, 0.1) is 0 Å². The summed E-state index contributed by atoms with van der Waals surface area (Å²) in [6.45, 7) is 0.361. The second-order valence-electron chi connectivity index (χ2n) is 3.80. The third kappa shape index (κ3) is 3.67. The summed E-state index contributed by atoms with van der Waals surface area (Å²) >= 11 is 0. The Kier molecular flexibility index (Phi) is 5.52. The second kappa shape index (κ2) is 6.91. The van der Waals surface area contributed by atoms with E-state index in [-0.39, 0.29) is 22.8 Å². The fraction of sp³-hybridized carbons (Fsp3) is 0.143. The van der Waals surface area contributed by atoms with Crippen molar-refractivity contribution in [2.45, 2.75) is 6.54 Å². The highest BCUT2D eigenvalue weighted by Crippen LogP contribution is 2.02. The molecule has 1 aromatic carbocycles. The van der Waals surface area contributed by atoms with Crippen molar-refractivity contribution in [3.63, 3.8) is 0 Å². The highest BCUT2D eigenvalue weighted by Gasteiger charge is 2.11. The van der Waals surface area contributed by atoms with Gasteiger partial charge in [-0.15, -0.1) is 0 Å². The molecule has 0 saturated heterocycles. The van der Waals surface area contributed by atoms with E-state index in [0.29, 0.717) is 6.54 Å². The van der Waals surface area contributed by atoms with Crippen LogP contribution < -0.4 is 26.9 Å². The van der Waals surface area contributed by atoms with Crippen LogP contribution in [0.25, 0.3) is 0 Å². The largest absolute Gasteiger partial charge is 1.00 e. The first kappa shape index (κ1) is 14.4. The maximum absolute atomic E-state index is 12.0. The Morgan fingerprint density at radius 3 is 2.56 bits per heavy atom. The van der Waals surface area contributed by atoms with E-state index in [1.165, 1.54) is 0 Å². The van der Waals surface area contributed by atoms with E-state index in [4.69, 9.17) is 0 Å². The van der Waals surface area contributed by atoms with Crippen LogP contribution in [0.3, 0.4) is 0 Å². The van der Waals surface area contributed by atoms with Crippen LogP contribution in [0.2, 0.25) is 0 Å². The number of aromatic nitrogens is 1. The molecule has 94 valence electrons. The summed E-state index contributed by atoms with van der Waals surface area (Å²) in [5.74, 6) is 0.115. The number of Topliss-reactive ketones (excluding diaryl/α,β-unsaturated/α-hetero) is 1. The molecule has 0 aliphatic carbocycles. The number of carbonyl (C=O) groups is 1. The van der Waals surface area contributed by atoms with Gasteiger partial charge in [0.05, 0.1) is 5.69 Å². The summed E-state index contributed by atoms with van der Waals surface area (Å²) in [7, 11) is 1.86. The monoisotopic (exact) mass is 306 g/mol. The van der Waals surface area contributed by atoms with E-state index in [9.17, 15) is 4.79 Å². The zero-order valence-electron chi connectivity index (χ0n) is 10.1. The molecule has 0 bridgehead atoms. The molecule has 0 amide bonds. The Bertz CT molecular complexity index is 514. The number of nitrogens with one attached hydrogen (secondary N) is 1. The van der Waals surface area contributed by atoms with E-state index in [2.05, 4.69) is 5.32 Å². The molecular formula is C14H15BrN2O. The Morgan fingerprint density at radius 2 is 1.89 bits per heavy atom. The molecule has 0 spiro atoms. The van der Waals surface area contributed by atoms with E-state index in [1.54, 1.807) is 0 Å². The van der Waals surface area contributed by atoms with Crippen molar-refractivity contribution in [2.75, 3.05) is 12.4 Å². The summed E-state index contributed by atoms with van der Waals surface area (Å²) in [4.78, 5) is 12.0. The van der Waals surface area contributed by atoms with Crippen LogP contribution >= 0.6 is 0 Å². The Balaban J connectivity index is 0.00000162. The number of hydrogen-bond acceptors (Lipinski definition) is 2. The van der Waals surface area contributed by atoms with Crippen LogP contribution in [0.5, 0.6) is 0 Å². The summed E-state index contributed by atoms with van der Waals surface area (Å²) in [6.07, 6.45) is 3.81. The van der Waals surface area contributed by atoms with Gasteiger partial charge >= 0.3 is 0 Å². The number of pyridine rings is 1. The van der Waals surface area contributed by atoms with Crippen molar-refractivity contribution in [1.82, 2.24) is 0 Å². The normalized spacial score (nSPS) is 9.39. The lowest BCUT2D eigenvalue weighted by atomic mass is 10.1. The first-order valence-electron chi connectivity index (χ1n) is 5.55. The van der Waals surface area contributed by atoms with Crippen molar-refractivity contribution in [1.29, 1.82) is 0 Å². The number of hydrogen-bond donors (Lipinski definition) is 1. The van der Waals surface area contributed by atoms with Crippen molar-refractivity contribution in [2.24, 2.45) is 0 Å². The minimum Gasteiger partial charge on any atom is -1.00 e. The van der Waals surface area contributed by atoms with Gasteiger partial charge in [0.15, 0.2) is 12.4 Å². The predicted molar refractivity (Wildman–Crippen MR) is 67.0 cm³/mol. The molecule has 0 aliphatic rings. The molecule has 2 rings (SSSR count). The fourth-order valence-electron chi connectivity index (χ4n) is 1.65. The SMILES string of the molecule is CNc1ccc[n+](CC(=O)c2ccccc2)c1.[Br-]. The van der Waals surface area contributed by atoms with Crippen LogP contribution in [-0.2, 0) is 6.54 Å². The van der Waals surface area contributed by atoms with Gasteiger partial charge in [-0.1, -0.05) is 30.3 Å². The van der Waals surface area contributed by atoms with Gasteiger partial charge < -0.3 is 22.3 Å². The molecule has 0 saturated carbocycles. The molecule has 1 aromatic heterocycles. The zero-order valence-corrected chi connectivity index (χ0v) is 11.7. The minimum absolute atomic E-state index is 0. The lowest BCUT2D eigenvalue weighted by Crippen LogP contribution is -3.00. The number of ketones is 1. The van der Waals surface area contributed by atoms with Crippen molar-refractivity contribution in [3.8, 4) is 0 Å². The highest BCUT2D eigenvalue weighted by atomic mass is 79.9. The smallest absolute Gasteiger partial charge is 0.227 e. The van der Waals surface area contributed by atoms with Crippen molar-refractivity contribution >= 4 is 11.5 Å². The zero-order chi connectivity index (χ0) is 12.1. The lowest BCUT2D eigenvalue weighted by molar-refractivity contribution is -0.682. The molecule has 3 nitrogen and oxygen atoms in total. The summed E-state index contributed by atoms with van der Waals surface area (Å²) in [5.41, 5.74) is 1.74. The number of benzene rings is 1. The first-order valence-corrected chi connectivity index (χ1v) is 5.55. The molecule has 4 heteroatoms. The van der Waals surface area contributed by atoms with E-state index >= 15 is 0 Å². The van der Waals surface area contributed by atoms with Gasteiger partial charge in [-0.25, -0.2) is 0 Å². The molecule has 18 heavy (non-hydrogen) atoms. The Labute approximate surface area is 117 Å². The van der Waals surface area contributed by atoms with Gasteiger partial charge in [-0.3, -0.25) is 4.79 Å². The molecule has 0 atom stereocenters. The quantitative estimate of drug-likeness (QED) is 0.575. The topological polar surface area (TPSA) is 33.0 Å². The number of carbonyl (C=O) groups excluding carboxylic acids is 1. The molecule has 2 aromatic rings. The maximum atomic E-state index is 12.0. The van der Waals surface area contributed by atoms with Crippen LogP contribution in [0.4, 0.5) is 5.69 Å². The predicted octanol–water partition coefficient (Wildman–Crippen LogP) is -1.10. The highest BCUT2D eigenvalue weighted by molar-refractivity contribution is 5.94. The first-order chi connectivity index (χ1) is 8.29. The fourth-order valence-corrected chi connectivity index (χ4v) is 1.65. The van der Waals surface area contributed by atoms with Crippen LogP contribution in [0.1, 0.15) is 10.4 Å². The molecule has 0 aliphatic heterocycles. The number of anilines is 1. The Hall–Kier alpha value is -1.68. The Morgan fingerprint density at radius 1 is 1.17 bits per heavy atom. The number of halogens is 1. The third-order valence-corrected chi connectivity index (χ3v) is 2.57. The molecule has 0 unspecified atom stereocenters. The molecular weight excluding hydrogens is 292 g/mol. The van der Waals surface area contributed by atoms with E-state index < -0.39 is 0 Å². The maximum Gasteiger partial charge on any atom is 0.227 e. The average Bonchev–Trinajstić information content (AvgIpc) is 2.40. The van der Waals surface area contributed by atoms with Gasteiger partial charge in [-0.05, 0) is 6.07 Å². The summed E-state index contributed by atoms with van der Waals surface area (Å²) in [6, 6.07) is 13.2. The van der Waals surface area contributed by atoms with E-state index in [1.807, 2.05) is 66.5 Å². The average molecular weight is 307 g/mol. The van der Waals surface area contributed by atoms with Crippen molar-refractivity contribution < 1.29 is 26.3 Å². The molecule has 1 N–H and O–H groups in total. The lowest BCUT2D eigenvalue weighted by Gasteiger charge is -2.00. The van der Waals surface area contributed by atoms with Gasteiger partial charge in [0, 0.05) is 18.7 Å². The van der Waals surface area contributed by atoms with Gasteiger partial charge in [-0.2, -0.15) is 4.57 Å². The van der Waals surface area contributed by atoms with Crippen LogP contribution in [0.15, 0.2) is 54.9 Å². The number of rotatable bonds is 4. The molecule has 0 fully saturated rings. The third-order valence-electron chi connectivity index (χ3n) is 2.57. The van der Waals surface area contributed by atoms with Gasteiger partial charge in [0.1, 0.15) is 0 Å². The molecule has 0 radical (unpaired) electrons. The minimum atomic E-state index is 0. The molecule has 1 heterocycles. The second-order valence-corrected chi connectivity index (χ2v) is 3.80. The van der Waals surface area contributed by atoms with E-state index in [0.717, 1.165) is 11.3 Å². The van der Waals surface area contributed by atoms with Gasteiger partial charge in [0.25, 0.3) is 0 Å². The summed E-state index contributed by atoms with van der Waals surface area (Å²) in [5, 5.41) is 3.05. The standard InChI is InChI=1S/C14H15N2O.BrH/c1-15-13-8-5-9-16(10-13)11-14(17)12-6-3-2-4-7-12;/h2-10,15H,11H2,1H3;1H/q+1;/p-1. The van der Waals surface area contributed by atoms with Crippen LogP contribution in [-0.4, -0.2) is 12.8 Å². The van der Waals surface area contributed by atoms with Gasteiger partial charge in [0.2, 0.25) is 12.3 Å². The van der Waals surface area contributed by atoms with Crippen molar-refractivity contribution in [3.05, 3.63) is 60.4 Å².